The first-order chi connectivity index (χ1) is 6.72. The zero-order valence-electron chi connectivity index (χ0n) is 8.28. The Morgan fingerprint density at radius 3 is 2.86 bits per heavy atom. The first kappa shape index (κ1) is 8.80. The molecule has 2 aromatic rings. The summed E-state index contributed by atoms with van der Waals surface area (Å²) in [5.41, 5.74) is 8.37. The van der Waals surface area contributed by atoms with Gasteiger partial charge < -0.3 is 10.3 Å². The Hall–Kier alpha value is -1.78. The summed E-state index contributed by atoms with van der Waals surface area (Å²) in [7, 11) is 0. The lowest BCUT2D eigenvalue weighted by molar-refractivity contribution is 0.761. The lowest BCUT2D eigenvalue weighted by atomic mass is 10.2. The van der Waals surface area contributed by atoms with Crippen LogP contribution in [0.25, 0.3) is 11.4 Å². The Kier molecular flexibility index (Phi) is 1.99. The van der Waals surface area contributed by atoms with Gasteiger partial charge in [-0.15, -0.1) is 0 Å². The number of nitrogens with one attached hydrogen (secondary N) is 1. The van der Waals surface area contributed by atoms with Crippen molar-refractivity contribution >= 4 is 5.82 Å². The minimum absolute atomic E-state index is 0.533. The maximum atomic E-state index is 5.64. The van der Waals surface area contributed by atoms with Crippen molar-refractivity contribution in [2.75, 3.05) is 5.73 Å². The standard InChI is InChI=1S/C9H13N5/c1-3-14-4-7(11-5-14)8-6(2)9(10)13-12-8/h4-5H,3H2,1-2H3,(H3,10,12,13). The fraction of sp³-hybridized carbons (Fsp3) is 0.333. The Labute approximate surface area is 82.0 Å². The highest BCUT2D eigenvalue weighted by atomic mass is 15.2. The highest BCUT2D eigenvalue weighted by Crippen LogP contribution is 2.22. The quantitative estimate of drug-likeness (QED) is 0.748. The number of imidazole rings is 1. The first-order valence-corrected chi connectivity index (χ1v) is 4.55. The zero-order chi connectivity index (χ0) is 10.1. The smallest absolute Gasteiger partial charge is 0.148 e. The van der Waals surface area contributed by atoms with Crippen LogP contribution in [0.5, 0.6) is 0 Å². The van der Waals surface area contributed by atoms with Crippen LogP contribution in [0.4, 0.5) is 5.82 Å². The van der Waals surface area contributed by atoms with Gasteiger partial charge in [-0.2, -0.15) is 5.10 Å². The Morgan fingerprint density at radius 1 is 1.57 bits per heavy atom. The Balaban J connectivity index is 2.44. The van der Waals surface area contributed by atoms with Crippen molar-refractivity contribution in [3.8, 4) is 11.4 Å². The van der Waals surface area contributed by atoms with Crippen LogP contribution >= 0.6 is 0 Å². The topological polar surface area (TPSA) is 72.5 Å². The molecule has 2 aromatic heterocycles. The number of anilines is 1. The van der Waals surface area contributed by atoms with Gasteiger partial charge in [-0.1, -0.05) is 0 Å². The average Bonchev–Trinajstić information content (AvgIpc) is 2.75. The third kappa shape index (κ3) is 1.26. The summed E-state index contributed by atoms with van der Waals surface area (Å²) in [6.07, 6.45) is 3.77. The molecule has 0 unspecified atom stereocenters. The molecule has 0 saturated heterocycles. The molecule has 5 nitrogen and oxygen atoms in total. The van der Waals surface area contributed by atoms with Gasteiger partial charge >= 0.3 is 0 Å². The van der Waals surface area contributed by atoms with Crippen molar-refractivity contribution in [2.24, 2.45) is 0 Å². The number of aryl methyl sites for hydroxylation is 1. The van der Waals surface area contributed by atoms with E-state index in [0.717, 1.165) is 23.5 Å². The molecular formula is C9H13N5. The maximum absolute atomic E-state index is 5.64. The summed E-state index contributed by atoms with van der Waals surface area (Å²) in [5, 5.41) is 6.81. The van der Waals surface area contributed by atoms with Crippen molar-refractivity contribution in [3.05, 3.63) is 18.1 Å². The molecule has 74 valence electrons. The molecular weight excluding hydrogens is 178 g/mol. The van der Waals surface area contributed by atoms with Gasteiger partial charge in [0.1, 0.15) is 11.5 Å². The number of aromatic amines is 1. The number of rotatable bonds is 2. The average molecular weight is 191 g/mol. The van der Waals surface area contributed by atoms with Gasteiger partial charge in [-0.25, -0.2) is 4.98 Å². The van der Waals surface area contributed by atoms with Crippen LogP contribution < -0.4 is 5.73 Å². The molecule has 3 N–H and O–H groups in total. The highest BCUT2D eigenvalue weighted by molar-refractivity contribution is 5.63. The van der Waals surface area contributed by atoms with Gasteiger partial charge in [0.2, 0.25) is 0 Å². The Morgan fingerprint density at radius 2 is 2.36 bits per heavy atom. The van der Waals surface area contributed by atoms with E-state index in [1.165, 1.54) is 0 Å². The number of hydrogen-bond donors (Lipinski definition) is 2. The molecule has 0 saturated carbocycles. The predicted octanol–water partition coefficient (Wildman–Crippen LogP) is 1.18. The molecule has 0 radical (unpaired) electrons. The number of hydrogen-bond acceptors (Lipinski definition) is 3. The summed E-state index contributed by atoms with van der Waals surface area (Å²) in [4.78, 5) is 4.27. The van der Waals surface area contributed by atoms with Gasteiger partial charge in [0.05, 0.1) is 12.0 Å². The lowest BCUT2D eigenvalue weighted by Gasteiger charge is -1.93. The molecule has 5 heteroatoms. The van der Waals surface area contributed by atoms with Crippen molar-refractivity contribution in [1.29, 1.82) is 0 Å². The second-order valence-electron chi connectivity index (χ2n) is 3.20. The number of nitrogen functional groups attached to an aromatic ring is 1. The monoisotopic (exact) mass is 191 g/mol. The largest absolute Gasteiger partial charge is 0.382 e. The van der Waals surface area contributed by atoms with E-state index in [1.54, 1.807) is 6.33 Å². The molecule has 0 fully saturated rings. The fourth-order valence-corrected chi connectivity index (χ4v) is 1.32. The minimum Gasteiger partial charge on any atom is -0.382 e. The van der Waals surface area contributed by atoms with Crippen LogP contribution in [0.3, 0.4) is 0 Å². The molecule has 0 aliphatic rings. The van der Waals surface area contributed by atoms with Gasteiger partial charge in [-0.05, 0) is 13.8 Å². The molecule has 2 rings (SSSR count). The van der Waals surface area contributed by atoms with Gasteiger partial charge in [0.15, 0.2) is 0 Å². The first-order valence-electron chi connectivity index (χ1n) is 4.55. The second kappa shape index (κ2) is 3.17. The molecule has 0 amide bonds. The van der Waals surface area contributed by atoms with E-state index in [1.807, 2.05) is 17.7 Å². The molecule has 0 aromatic carbocycles. The van der Waals surface area contributed by atoms with Crippen LogP contribution in [0.2, 0.25) is 0 Å². The number of nitrogens with zero attached hydrogens (tertiary/aromatic N) is 3. The van der Waals surface area contributed by atoms with Crippen molar-refractivity contribution in [3.63, 3.8) is 0 Å². The summed E-state index contributed by atoms with van der Waals surface area (Å²) in [6, 6.07) is 0. The molecule has 0 bridgehead atoms. The van der Waals surface area contributed by atoms with Crippen LogP contribution in [0.1, 0.15) is 12.5 Å². The lowest BCUT2D eigenvalue weighted by Crippen LogP contribution is -1.87. The molecule has 0 spiro atoms. The van der Waals surface area contributed by atoms with E-state index in [9.17, 15) is 0 Å². The van der Waals surface area contributed by atoms with E-state index in [2.05, 4.69) is 22.1 Å². The van der Waals surface area contributed by atoms with E-state index in [0.29, 0.717) is 5.82 Å². The Bertz CT molecular complexity index is 440. The summed E-state index contributed by atoms with van der Waals surface area (Å²) in [6.45, 7) is 4.91. The number of H-pyrrole nitrogens is 1. The van der Waals surface area contributed by atoms with Gasteiger partial charge in [-0.3, -0.25) is 5.10 Å². The molecule has 14 heavy (non-hydrogen) atoms. The van der Waals surface area contributed by atoms with E-state index in [-0.39, 0.29) is 0 Å². The van der Waals surface area contributed by atoms with Crippen molar-refractivity contribution in [2.45, 2.75) is 20.4 Å². The zero-order valence-corrected chi connectivity index (χ0v) is 8.28. The van der Waals surface area contributed by atoms with Crippen LogP contribution in [-0.2, 0) is 6.54 Å². The van der Waals surface area contributed by atoms with Crippen LogP contribution in [0.15, 0.2) is 12.5 Å². The molecule has 0 aliphatic carbocycles. The highest BCUT2D eigenvalue weighted by Gasteiger charge is 2.10. The molecule has 0 atom stereocenters. The maximum Gasteiger partial charge on any atom is 0.148 e. The minimum atomic E-state index is 0.533. The van der Waals surface area contributed by atoms with E-state index < -0.39 is 0 Å². The third-order valence-corrected chi connectivity index (χ3v) is 2.30. The van der Waals surface area contributed by atoms with Crippen LogP contribution in [0, 0.1) is 6.92 Å². The molecule has 0 aliphatic heterocycles. The number of aromatic nitrogens is 4. The van der Waals surface area contributed by atoms with Crippen molar-refractivity contribution < 1.29 is 0 Å². The SMILES string of the molecule is CCn1cnc(-c2[nH]nc(N)c2C)c1. The fourth-order valence-electron chi connectivity index (χ4n) is 1.32. The van der Waals surface area contributed by atoms with Gasteiger partial charge in [0, 0.05) is 18.3 Å². The number of nitrogens with two attached hydrogens (primary N) is 1. The van der Waals surface area contributed by atoms with Crippen LogP contribution in [-0.4, -0.2) is 19.7 Å². The summed E-state index contributed by atoms with van der Waals surface area (Å²) < 4.78 is 2.01. The van der Waals surface area contributed by atoms with Gasteiger partial charge in [0.25, 0.3) is 0 Å². The normalized spacial score (nSPS) is 10.7. The summed E-state index contributed by atoms with van der Waals surface area (Å²) in [5.74, 6) is 0.533. The predicted molar refractivity (Wildman–Crippen MR) is 54.6 cm³/mol. The summed E-state index contributed by atoms with van der Waals surface area (Å²) >= 11 is 0. The molecule has 2 heterocycles. The third-order valence-electron chi connectivity index (χ3n) is 2.30. The van der Waals surface area contributed by atoms with Crippen molar-refractivity contribution in [1.82, 2.24) is 19.7 Å². The second-order valence-corrected chi connectivity index (χ2v) is 3.20. The van der Waals surface area contributed by atoms with E-state index >= 15 is 0 Å². The van der Waals surface area contributed by atoms with E-state index in [4.69, 9.17) is 5.73 Å².